The molecule has 4 heteroatoms. The Morgan fingerprint density at radius 2 is 1.74 bits per heavy atom. The number of ether oxygens (including phenoxy) is 2. The molecule has 0 heterocycles. The molecular weight excluding hydrogens is 247 g/mol. The van der Waals surface area contributed by atoms with E-state index in [-0.39, 0.29) is 0 Å². The number of hydrogen-bond donors (Lipinski definition) is 0. The lowest BCUT2D eigenvalue weighted by Gasteiger charge is -2.11. The van der Waals surface area contributed by atoms with Crippen LogP contribution in [0.15, 0.2) is 36.4 Å². The molecule has 0 atom stereocenters. The molecule has 0 saturated carbocycles. The molecule has 0 saturated heterocycles. The van der Waals surface area contributed by atoms with Crippen LogP contribution in [0, 0.1) is 5.82 Å². The maximum Gasteiger partial charge on any atom is 0.161 e. The van der Waals surface area contributed by atoms with Crippen LogP contribution in [-0.2, 0) is 0 Å². The lowest BCUT2D eigenvalue weighted by Crippen LogP contribution is -1.93. The Labute approximate surface area is 110 Å². The zero-order chi connectivity index (χ0) is 13.8. The number of rotatable bonds is 4. The number of carbonyl (C=O) groups excluding carboxylic acids is 1. The number of halogens is 1. The molecule has 2 aromatic rings. The van der Waals surface area contributed by atoms with Crippen molar-refractivity contribution in [3.63, 3.8) is 0 Å². The fourth-order valence-electron chi connectivity index (χ4n) is 1.90. The van der Waals surface area contributed by atoms with Crippen molar-refractivity contribution in [2.75, 3.05) is 14.2 Å². The molecular formula is C15H13FO3. The first kappa shape index (κ1) is 13.1. The lowest BCUT2D eigenvalue weighted by molar-refractivity contribution is 0.112. The van der Waals surface area contributed by atoms with Gasteiger partial charge in [-0.05, 0) is 35.4 Å². The standard InChI is InChI=1S/C15H13FO3/c1-18-14-6-3-10(8-15(14)19-2)13-5-4-12(16)7-11(13)9-17/h3-9H,1-2H3. The summed E-state index contributed by atoms with van der Waals surface area (Å²) in [5.41, 5.74) is 1.71. The third kappa shape index (κ3) is 2.57. The van der Waals surface area contributed by atoms with Crippen LogP contribution in [0.2, 0.25) is 0 Å². The first-order valence-electron chi connectivity index (χ1n) is 5.66. The van der Waals surface area contributed by atoms with Crippen LogP contribution in [0.5, 0.6) is 11.5 Å². The second-order valence-corrected chi connectivity index (χ2v) is 3.92. The highest BCUT2D eigenvalue weighted by atomic mass is 19.1. The SMILES string of the molecule is COc1ccc(-c2ccc(F)cc2C=O)cc1OC. The van der Waals surface area contributed by atoms with Crippen LogP contribution >= 0.6 is 0 Å². The second-order valence-electron chi connectivity index (χ2n) is 3.92. The molecule has 0 fully saturated rings. The maximum absolute atomic E-state index is 13.1. The molecule has 2 aromatic carbocycles. The summed E-state index contributed by atoms with van der Waals surface area (Å²) in [4.78, 5) is 11.0. The fraction of sp³-hybridized carbons (Fsp3) is 0.133. The molecule has 3 nitrogen and oxygen atoms in total. The Morgan fingerprint density at radius 3 is 2.37 bits per heavy atom. The summed E-state index contributed by atoms with van der Waals surface area (Å²) in [6.07, 6.45) is 0.634. The summed E-state index contributed by atoms with van der Waals surface area (Å²) in [6.45, 7) is 0. The predicted octanol–water partition coefficient (Wildman–Crippen LogP) is 3.32. The van der Waals surface area contributed by atoms with E-state index in [1.54, 1.807) is 31.4 Å². The minimum atomic E-state index is -0.439. The summed E-state index contributed by atoms with van der Waals surface area (Å²) >= 11 is 0. The molecule has 0 unspecified atom stereocenters. The van der Waals surface area contributed by atoms with Crippen molar-refractivity contribution in [2.24, 2.45) is 0 Å². The minimum Gasteiger partial charge on any atom is -0.493 e. The van der Waals surface area contributed by atoms with Gasteiger partial charge in [0.15, 0.2) is 17.8 Å². The van der Waals surface area contributed by atoms with Crippen LogP contribution in [0.4, 0.5) is 4.39 Å². The van der Waals surface area contributed by atoms with Crippen molar-refractivity contribution in [2.45, 2.75) is 0 Å². The zero-order valence-corrected chi connectivity index (χ0v) is 10.6. The van der Waals surface area contributed by atoms with E-state index in [9.17, 15) is 9.18 Å². The van der Waals surface area contributed by atoms with Crippen LogP contribution in [0.1, 0.15) is 10.4 Å². The third-order valence-electron chi connectivity index (χ3n) is 2.84. The fourth-order valence-corrected chi connectivity index (χ4v) is 1.90. The van der Waals surface area contributed by atoms with E-state index in [0.717, 1.165) is 5.56 Å². The van der Waals surface area contributed by atoms with Gasteiger partial charge in [0.2, 0.25) is 0 Å². The lowest BCUT2D eigenvalue weighted by atomic mass is 10.00. The summed E-state index contributed by atoms with van der Waals surface area (Å²) in [6, 6.07) is 9.38. The van der Waals surface area contributed by atoms with Crippen LogP contribution < -0.4 is 9.47 Å². The van der Waals surface area contributed by atoms with Gasteiger partial charge in [-0.3, -0.25) is 4.79 Å². The van der Waals surface area contributed by atoms with Gasteiger partial charge in [-0.25, -0.2) is 4.39 Å². The van der Waals surface area contributed by atoms with E-state index in [0.29, 0.717) is 28.9 Å². The number of carbonyl (C=O) groups is 1. The molecule has 0 radical (unpaired) electrons. The molecule has 98 valence electrons. The summed E-state index contributed by atoms with van der Waals surface area (Å²) < 4.78 is 23.5. The molecule has 0 aromatic heterocycles. The van der Waals surface area contributed by atoms with Crippen LogP contribution in [-0.4, -0.2) is 20.5 Å². The van der Waals surface area contributed by atoms with Gasteiger partial charge < -0.3 is 9.47 Å². The van der Waals surface area contributed by atoms with Gasteiger partial charge in [-0.2, -0.15) is 0 Å². The summed E-state index contributed by atoms with van der Waals surface area (Å²) in [5, 5.41) is 0. The van der Waals surface area contributed by atoms with E-state index in [4.69, 9.17) is 9.47 Å². The van der Waals surface area contributed by atoms with E-state index in [2.05, 4.69) is 0 Å². The molecule has 0 N–H and O–H groups in total. The Balaban J connectivity index is 2.56. The van der Waals surface area contributed by atoms with E-state index in [1.807, 2.05) is 0 Å². The van der Waals surface area contributed by atoms with Gasteiger partial charge in [0, 0.05) is 5.56 Å². The van der Waals surface area contributed by atoms with Gasteiger partial charge in [-0.1, -0.05) is 12.1 Å². The van der Waals surface area contributed by atoms with Gasteiger partial charge >= 0.3 is 0 Å². The molecule has 0 aliphatic rings. The Kier molecular flexibility index (Phi) is 3.80. The monoisotopic (exact) mass is 260 g/mol. The largest absolute Gasteiger partial charge is 0.493 e. The van der Waals surface area contributed by atoms with Gasteiger partial charge in [-0.15, -0.1) is 0 Å². The van der Waals surface area contributed by atoms with E-state index in [1.165, 1.54) is 19.2 Å². The van der Waals surface area contributed by atoms with Crippen LogP contribution in [0.3, 0.4) is 0 Å². The number of aldehydes is 1. The third-order valence-corrected chi connectivity index (χ3v) is 2.84. The Morgan fingerprint density at radius 1 is 1.00 bits per heavy atom. The van der Waals surface area contributed by atoms with Gasteiger partial charge in [0.05, 0.1) is 14.2 Å². The zero-order valence-electron chi connectivity index (χ0n) is 10.6. The second kappa shape index (κ2) is 5.52. The molecule has 2 rings (SSSR count). The first-order chi connectivity index (χ1) is 9.19. The smallest absolute Gasteiger partial charge is 0.161 e. The highest BCUT2D eigenvalue weighted by Gasteiger charge is 2.10. The Bertz CT molecular complexity index is 608. The average molecular weight is 260 g/mol. The van der Waals surface area contributed by atoms with E-state index < -0.39 is 5.82 Å². The first-order valence-corrected chi connectivity index (χ1v) is 5.66. The van der Waals surface area contributed by atoms with Crippen molar-refractivity contribution >= 4 is 6.29 Å². The van der Waals surface area contributed by atoms with Crippen molar-refractivity contribution in [1.82, 2.24) is 0 Å². The number of benzene rings is 2. The minimum absolute atomic E-state index is 0.298. The summed E-state index contributed by atoms with van der Waals surface area (Å²) in [5.74, 6) is 0.716. The highest BCUT2D eigenvalue weighted by Crippen LogP contribution is 2.33. The molecule has 19 heavy (non-hydrogen) atoms. The molecule has 0 aliphatic heterocycles. The molecule has 0 aliphatic carbocycles. The Hall–Kier alpha value is -2.36. The number of hydrogen-bond acceptors (Lipinski definition) is 3. The van der Waals surface area contributed by atoms with Crippen molar-refractivity contribution in [1.29, 1.82) is 0 Å². The highest BCUT2D eigenvalue weighted by molar-refractivity contribution is 5.88. The quantitative estimate of drug-likeness (QED) is 0.791. The van der Waals surface area contributed by atoms with Crippen molar-refractivity contribution in [3.05, 3.63) is 47.8 Å². The predicted molar refractivity (Wildman–Crippen MR) is 70.3 cm³/mol. The van der Waals surface area contributed by atoms with Crippen LogP contribution in [0.25, 0.3) is 11.1 Å². The molecule has 0 bridgehead atoms. The average Bonchev–Trinajstić information content (AvgIpc) is 2.46. The number of methoxy groups -OCH3 is 2. The van der Waals surface area contributed by atoms with E-state index >= 15 is 0 Å². The maximum atomic E-state index is 13.1. The van der Waals surface area contributed by atoms with Crippen molar-refractivity contribution < 1.29 is 18.7 Å². The normalized spacial score (nSPS) is 10.1. The molecule has 0 spiro atoms. The topological polar surface area (TPSA) is 35.5 Å². The summed E-state index contributed by atoms with van der Waals surface area (Å²) in [7, 11) is 3.08. The van der Waals surface area contributed by atoms with Gasteiger partial charge in [0.25, 0.3) is 0 Å². The van der Waals surface area contributed by atoms with Gasteiger partial charge in [0.1, 0.15) is 5.82 Å². The molecule has 0 amide bonds. The van der Waals surface area contributed by atoms with Crippen molar-refractivity contribution in [3.8, 4) is 22.6 Å².